The number of hydrogen-bond acceptors (Lipinski definition) is 1. The Morgan fingerprint density at radius 1 is 0.520 bits per heavy atom. The van der Waals surface area contributed by atoms with E-state index in [1.807, 2.05) is 0 Å². The number of benzene rings is 2. The molecule has 0 radical (unpaired) electrons. The van der Waals surface area contributed by atoms with Gasteiger partial charge in [-0.1, -0.05) is 73.6 Å². The highest BCUT2D eigenvalue weighted by atomic mass is 16.3. The lowest BCUT2D eigenvalue weighted by molar-refractivity contribution is 0.454. The normalized spacial score (nSPS) is 12.0. The summed E-state index contributed by atoms with van der Waals surface area (Å²) in [6.07, 6.45) is 0. The van der Waals surface area contributed by atoms with Gasteiger partial charge in [0.25, 0.3) is 0 Å². The van der Waals surface area contributed by atoms with Gasteiger partial charge in [-0.25, -0.2) is 0 Å². The lowest BCUT2D eigenvalue weighted by atomic mass is 9.86. The Morgan fingerprint density at radius 2 is 0.880 bits per heavy atom. The number of phenols is 1. The molecule has 1 heteroatoms. The van der Waals surface area contributed by atoms with E-state index in [-0.39, 0.29) is 0 Å². The third kappa shape index (κ3) is 4.26. The minimum Gasteiger partial charge on any atom is -0.507 e. The summed E-state index contributed by atoms with van der Waals surface area (Å²) < 4.78 is 0. The number of rotatable bonds is 5. The van der Waals surface area contributed by atoms with Gasteiger partial charge in [0.05, 0.1) is 0 Å². The van der Waals surface area contributed by atoms with E-state index < -0.39 is 0 Å². The van der Waals surface area contributed by atoms with Gasteiger partial charge < -0.3 is 5.11 Å². The Labute approximate surface area is 154 Å². The summed E-state index contributed by atoms with van der Waals surface area (Å²) in [5.74, 6) is 2.08. The molecule has 0 heterocycles. The molecule has 0 fully saturated rings. The maximum atomic E-state index is 10.7. The molecule has 25 heavy (non-hydrogen) atoms. The van der Waals surface area contributed by atoms with Crippen LogP contribution in [0.25, 0.3) is 11.1 Å². The van der Waals surface area contributed by atoms with E-state index in [1.54, 1.807) is 0 Å². The first kappa shape index (κ1) is 19.6. The molecule has 1 N–H and O–H groups in total. The van der Waals surface area contributed by atoms with Gasteiger partial charge in [0, 0.05) is 0 Å². The second-order valence-electron chi connectivity index (χ2n) is 8.51. The second-order valence-corrected chi connectivity index (χ2v) is 8.51. The highest BCUT2D eigenvalue weighted by Gasteiger charge is 2.17. The van der Waals surface area contributed by atoms with Crippen molar-refractivity contribution in [3.05, 3.63) is 52.6 Å². The largest absolute Gasteiger partial charge is 0.507 e. The molecule has 0 unspecified atom stereocenters. The van der Waals surface area contributed by atoms with Gasteiger partial charge in [-0.3, -0.25) is 0 Å². The predicted octanol–water partition coefficient (Wildman–Crippen LogP) is 7.55. The van der Waals surface area contributed by atoms with Gasteiger partial charge in [0.1, 0.15) is 5.75 Å². The van der Waals surface area contributed by atoms with Crippen LogP contribution in [0.15, 0.2) is 30.3 Å². The van der Waals surface area contributed by atoms with Gasteiger partial charge in [-0.2, -0.15) is 0 Å². The summed E-state index contributed by atoms with van der Waals surface area (Å²) in [7, 11) is 0. The third-order valence-corrected chi connectivity index (χ3v) is 5.06. The number of phenolic OH excluding ortho intramolecular Hbond substituents is 1. The Kier molecular flexibility index (Phi) is 5.98. The van der Waals surface area contributed by atoms with Gasteiger partial charge in [-0.05, 0) is 69.2 Å². The van der Waals surface area contributed by atoms with Crippen molar-refractivity contribution in [3.63, 3.8) is 0 Å². The van der Waals surface area contributed by atoms with E-state index >= 15 is 0 Å². The van der Waals surface area contributed by atoms with Crippen LogP contribution in [0.2, 0.25) is 0 Å². The van der Waals surface area contributed by atoms with E-state index in [1.165, 1.54) is 22.3 Å². The van der Waals surface area contributed by atoms with Crippen LogP contribution in [-0.2, 0) is 0 Å². The molecule has 0 amide bonds. The molecule has 0 aromatic heterocycles. The maximum absolute atomic E-state index is 10.7. The molecule has 1 nitrogen and oxygen atoms in total. The molecule has 2 aromatic carbocycles. The van der Waals surface area contributed by atoms with Crippen molar-refractivity contribution >= 4 is 0 Å². The summed E-state index contributed by atoms with van der Waals surface area (Å²) >= 11 is 0. The van der Waals surface area contributed by atoms with Crippen molar-refractivity contribution in [1.82, 2.24) is 0 Å². The molecule has 2 rings (SSSR count). The van der Waals surface area contributed by atoms with Gasteiger partial charge in [0.2, 0.25) is 0 Å². The Bertz CT molecular complexity index is 681. The van der Waals surface area contributed by atoms with E-state index in [0.29, 0.717) is 29.4 Å². The van der Waals surface area contributed by atoms with Crippen molar-refractivity contribution in [2.75, 3.05) is 0 Å². The standard InChI is InChI=1S/C24H34O/c1-14(2)18-9-19(15(3)4)11-20(10-18)21-12-22(16(5)6)24(25)23(13-21)17(7)8/h9-17,25H,1-8H3. The maximum Gasteiger partial charge on any atom is 0.122 e. The highest BCUT2D eigenvalue weighted by Crippen LogP contribution is 2.39. The molecular formula is C24H34O. The third-order valence-electron chi connectivity index (χ3n) is 5.06. The fourth-order valence-electron chi connectivity index (χ4n) is 3.24. The summed E-state index contributed by atoms with van der Waals surface area (Å²) in [5.41, 5.74) is 7.33. The Hall–Kier alpha value is -1.76. The average molecular weight is 339 g/mol. The first-order valence-corrected chi connectivity index (χ1v) is 9.63. The molecule has 0 aliphatic heterocycles. The van der Waals surface area contributed by atoms with Crippen LogP contribution in [0, 0.1) is 0 Å². The van der Waals surface area contributed by atoms with Crippen LogP contribution in [0.3, 0.4) is 0 Å². The van der Waals surface area contributed by atoms with Gasteiger partial charge in [-0.15, -0.1) is 0 Å². The fraction of sp³-hybridized carbons (Fsp3) is 0.500. The zero-order valence-corrected chi connectivity index (χ0v) is 17.1. The van der Waals surface area contributed by atoms with Crippen molar-refractivity contribution in [2.45, 2.75) is 79.1 Å². The first-order valence-electron chi connectivity index (χ1n) is 9.63. The monoisotopic (exact) mass is 338 g/mol. The molecular weight excluding hydrogens is 304 g/mol. The zero-order valence-electron chi connectivity index (χ0n) is 17.1. The van der Waals surface area contributed by atoms with E-state index in [4.69, 9.17) is 0 Å². The zero-order chi connectivity index (χ0) is 18.9. The fourth-order valence-corrected chi connectivity index (χ4v) is 3.24. The number of hydrogen-bond donors (Lipinski definition) is 1. The lowest BCUT2D eigenvalue weighted by Gasteiger charge is -2.19. The smallest absolute Gasteiger partial charge is 0.122 e. The summed E-state index contributed by atoms with van der Waals surface area (Å²) in [5, 5.41) is 10.7. The van der Waals surface area contributed by atoms with Crippen LogP contribution < -0.4 is 0 Å². The molecule has 0 bridgehead atoms. The van der Waals surface area contributed by atoms with Crippen molar-refractivity contribution < 1.29 is 5.11 Å². The highest BCUT2D eigenvalue weighted by molar-refractivity contribution is 5.70. The molecule has 136 valence electrons. The predicted molar refractivity (Wildman–Crippen MR) is 110 cm³/mol. The Balaban J connectivity index is 2.72. The molecule has 0 atom stereocenters. The SMILES string of the molecule is CC(C)c1cc(-c2cc(C(C)C)c(O)c(C(C)C)c2)cc(C(C)C)c1. The topological polar surface area (TPSA) is 20.2 Å². The molecule has 0 spiro atoms. The quantitative estimate of drug-likeness (QED) is 0.596. The average Bonchev–Trinajstić information content (AvgIpc) is 2.53. The van der Waals surface area contributed by atoms with Crippen LogP contribution in [0.4, 0.5) is 0 Å². The van der Waals surface area contributed by atoms with Crippen molar-refractivity contribution in [2.24, 2.45) is 0 Å². The molecule has 0 saturated carbocycles. The van der Waals surface area contributed by atoms with E-state index in [0.717, 1.165) is 11.1 Å². The molecule has 0 saturated heterocycles. The van der Waals surface area contributed by atoms with Crippen LogP contribution in [0.5, 0.6) is 5.75 Å². The lowest BCUT2D eigenvalue weighted by Crippen LogP contribution is -1.99. The summed E-state index contributed by atoms with van der Waals surface area (Å²) in [4.78, 5) is 0. The first-order chi connectivity index (χ1) is 11.6. The molecule has 2 aromatic rings. The van der Waals surface area contributed by atoms with Crippen molar-refractivity contribution in [1.29, 1.82) is 0 Å². The van der Waals surface area contributed by atoms with Gasteiger partial charge in [0.15, 0.2) is 0 Å². The van der Waals surface area contributed by atoms with Crippen molar-refractivity contribution in [3.8, 4) is 16.9 Å². The minimum absolute atomic E-state index is 0.301. The van der Waals surface area contributed by atoms with Crippen LogP contribution in [0.1, 0.15) is 101 Å². The number of aromatic hydroxyl groups is 1. The van der Waals surface area contributed by atoms with Gasteiger partial charge >= 0.3 is 0 Å². The van der Waals surface area contributed by atoms with E-state index in [9.17, 15) is 5.11 Å². The second kappa shape index (κ2) is 7.64. The Morgan fingerprint density at radius 3 is 1.20 bits per heavy atom. The summed E-state index contributed by atoms with van der Waals surface area (Å²) in [6, 6.07) is 11.3. The minimum atomic E-state index is 0.301. The van der Waals surface area contributed by atoms with Crippen LogP contribution in [-0.4, -0.2) is 5.11 Å². The van der Waals surface area contributed by atoms with E-state index in [2.05, 4.69) is 85.7 Å². The molecule has 0 aliphatic rings. The molecule has 0 aliphatic carbocycles. The summed E-state index contributed by atoms with van der Waals surface area (Å²) in [6.45, 7) is 17.6. The van der Waals surface area contributed by atoms with Crippen LogP contribution >= 0.6 is 0 Å².